The predicted octanol–water partition coefficient (Wildman–Crippen LogP) is 2.64. The zero-order chi connectivity index (χ0) is 17.5. The van der Waals surface area contributed by atoms with E-state index in [1.165, 1.54) is 7.11 Å². The Kier molecular flexibility index (Phi) is 6.48. The van der Waals surface area contributed by atoms with E-state index in [0.717, 1.165) is 0 Å². The van der Waals surface area contributed by atoms with Gasteiger partial charge in [0.1, 0.15) is 11.5 Å². The number of nitrogens with one attached hydrogen (secondary N) is 1. The Morgan fingerprint density at radius 3 is 2.52 bits per heavy atom. The van der Waals surface area contributed by atoms with Crippen molar-refractivity contribution in [3.8, 4) is 29.4 Å². The van der Waals surface area contributed by atoms with Crippen LogP contribution in [0.4, 0.5) is 0 Å². The van der Waals surface area contributed by atoms with Crippen LogP contribution in [0.1, 0.15) is 39.7 Å². The van der Waals surface area contributed by atoms with Crippen LogP contribution < -0.4 is 14.8 Å². The van der Waals surface area contributed by atoms with Gasteiger partial charge in [0, 0.05) is 6.07 Å². The average Bonchev–Trinajstić information content (AvgIpc) is 2.51. The van der Waals surface area contributed by atoms with Crippen LogP contribution in [0.25, 0.3) is 0 Å². The minimum atomic E-state index is -0.674. The van der Waals surface area contributed by atoms with E-state index in [-0.39, 0.29) is 5.91 Å². The summed E-state index contributed by atoms with van der Waals surface area (Å²) in [7, 11) is 1.51. The number of benzene rings is 1. The molecule has 1 atom stereocenters. The van der Waals surface area contributed by atoms with Crippen molar-refractivity contribution in [1.29, 1.82) is 5.26 Å². The van der Waals surface area contributed by atoms with Crippen molar-refractivity contribution in [2.24, 2.45) is 0 Å². The first-order chi connectivity index (χ1) is 10.8. The van der Waals surface area contributed by atoms with Gasteiger partial charge in [0.15, 0.2) is 6.10 Å². The topological polar surface area (TPSA) is 71.3 Å². The van der Waals surface area contributed by atoms with Crippen molar-refractivity contribution in [2.45, 2.75) is 45.8 Å². The lowest BCUT2D eigenvalue weighted by molar-refractivity contribution is -0.129. The van der Waals surface area contributed by atoms with E-state index < -0.39 is 11.6 Å². The summed E-state index contributed by atoms with van der Waals surface area (Å²) < 4.78 is 10.9. The van der Waals surface area contributed by atoms with Crippen LogP contribution in [0.2, 0.25) is 0 Å². The molecule has 1 N–H and O–H groups in total. The number of carbonyl (C=O) groups is 1. The Labute approximate surface area is 137 Å². The van der Waals surface area contributed by atoms with Gasteiger partial charge in [-0.1, -0.05) is 12.8 Å². The van der Waals surface area contributed by atoms with Gasteiger partial charge in [-0.2, -0.15) is 5.26 Å². The normalized spacial score (nSPS) is 11.5. The molecule has 0 saturated carbocycles. The third-order valence-corrected chi connectivity index (χ3v) is 3.06. The third kappa shape index (κ3) is 5.56. The highest BCUT2D eigenvalue weighted by Crippen LogP contribution is 2.24. The van der Waals surface area contributed by atoms with E-state index in [0.29, 0.717) is 23.5 Å². The fourth-order valence-electron chi connectivity index (χ4n) is 2.04. The Bertz CT molecular complexity index is 663. The highest BCUT2D eigenvalue weighted by Gasteiger charge is 2.25. The summed E-state index contributed by atoms with van der Waals surface area (Å²) >= 11 is 0. The number of nitrogens with zero attached hydrogens (tertiary/aromatic N) is 1. The second-order valence-electron chi connectivity index (χ2n) is 5.51. The summed E-state index contributed by atoms with van der Waals surface area (Å²) in [5.74, 6) is 6.40. The molecule has 0 fully saturated rings. The molecule has 5 nitrogen and oxygen atoms in total. The smallest absolute Gasteiger partial charge is 0.262 e. The Balaban J connectivity index is 2.93. The molecule has 5 heteroatoms. The minimum absolute atomic E-state index is 0.249. The minimum Gasteiger partial charge on any atom is -0.497 e. The quantitative estimate of drug-likeness (QED) is 0.819. The maximum atomic E-state index is 12.4. The first-order valence-electron chi connectivity index (χ1n) is 7.37. The molecule has 1 aromatic rings. The maximum absolute atomic E-state index is 12.4. The van der Waals surface area contributed by atoms with Gasteiger partial charge in [0.25, 0.3) is 5.91 Å². The summed E-state index contributed by atoms with van der Waals surface area (Å²) in [6.45, 7) is 7.23. The molecule has 0 heterocycles. The molecule has 23 heavy (non-hydrogen) atoms. The van der Waals surface area contributed by atoms with E-state index in [9.17, 15) is 4.79 Å². The lowest BCUT2D eigenvalue weighted by Gasteiger charge is -2.24. The first-order valence-corrected chi connectivity index (χ1v) is 7.37. The number of carbonyl (C=O) groups excluding carboxylic acids is 1. The number of ether oxygens (including phenoxy) is 2. The second-order valence-corrected chi connectivity index (χ2v) is 5.51. The largest absolute Gasteiger partial charge is 0.497 e. The van der Waals surface area contributed by atoms with E-state index >= 15 is 0 Å². The SMILES string of the molecule is CC#CC(C)(C)NC(=O)C(CC)Oc1cc(C#N)cc(OC)c1. The lowest BCUT2D eigenvalue weighted by Crippen LogP contribution is -2.48. The van der Waals surface area contributed by atoms with Crippen molar-refractivity contribution in [3.05, 3.63) is 23.8 Å². The molecular formula is C18H22N2O3. The summed E-state index contributed by atoms with van der Waals surface area (Å²) in [6, 6.07) is 6.87. The summed E-state index contributed by atoms with van der Waals surface area (Å²) in [5.41, 5.74) is -0.221. The van der Waals surface area contributed by atoms with Gasteiger partial charge < -0.3 is 14.8 Å². The van der Waals surface area contributed by atoms with Gasteiger partial charge in [-0.05, 0) is 39.3 Å². The van der Waals surface area contributed by atoms with E-state index in [4.69, 9.17) is 14.7 Å². The molecule has 0 radical (unpaired) electrons. The molecule has 122 valence electrons. The van der Waals surface area contributed by atoms with E-state index in [1.54, 1.807) is 25.1 Å². The van der Waals surface area contributed by atoms with Crippen LogP contribution in [-0.2, 0) is 4.79 Å². The van der Waals surface area contributed by atoms with Gasteiger partial charge in [-0.25, -0.2) is 0 Å². The van der Waals surface area contributed by atoms with Gasteiger partial charge in [-0.15, -0.1) is 5.92 Å². The number of hydrogen-bond donors (Lipinski definition) is 1. The van der Waals surface area contributed by atoms with Crippen molar-refractivity contribution in [2.75, 3.05) is 7.11 Å². The van der Waals surface area contributed by atoms with Crippen LogP contribution in [0.15, 0.2) is 18.2 Å². The fraction of sp³-hybridized carbons (Fsp3) is 0.444. The van der Waals surface area contributed by atoms with Crippen molar-refractivity contribution < 1.29 is 14.3 Å². The van der Waals surface area contributed by atoms with Crippen LogP contribution in [0, 0.1) is 23.2 Å². The zero-order valence-corrected chi connectivity index (χ0v) is 14.2. The number of nitriles is 1. The Morgan fingerprint density at radius 1 is 1.35 bits per heavy atom. The molecule has 1 rings (SSSR count). The Hall–Kier alpha value is -2.66. The lowest BCUT2D eigenvalue weighted by atomic mass is 10.1. The second kappa shape index (κ2) is 8.10. The van der Waals surface area contributed by atoms with Crippen molar-refractivity contribution >= 4 is 5.91 Å². The summed E-state index contributed by atoms with van der Waals surface area (Å²) in [5, 5.41) is 11.9. The molecule has 0 aliphatic heterocycles. The third-order valence-electron chi connectivity index (χ3n) is 3.06. The molecule has 0 aliphatic carbocycles. The van der Waals surface area contributed by atoms with E-state index in [1.807, 2.05) is 26.8 Å². The zero-order valence-electron chi connectivity index (χ0n) is 14.2. The standard InChI is InChI=1S/C18H22N2O3/c1-6-8-18(3,4)20-17(21)16(7-2)23-15-10-13(12-19)9-14(11-15)22-5/h9-11,16H,7H2,1-5H3,(H,20,21). The average molecular weight is 314 g/mol. The monoisotopic (exact) mass is 314 g/mol. The molecule has 1 amide bonds. The van der Waals surface area contributed by atoms with Gasteiger partial charge in [0.05, 0.1) is 24.3 Å². The van der Waals surface area contributed by atoms with Crippen LogP contribution in [0.3, 0.4) is 0 Å². The highest BCUT2D eigenvalue weighted by atomic mass is 16.5. The molecule has 0 aliphatic rings. The first kappa shape index (κ1) is 18.4. The summed E-state index contributed by atoms with van der Waals surface area (Å²) in [6.07, 6.45) is -0.188. The number of methoxy groups -OCH3 is 1. The fourth-order valence-corrected chi connectivity index (χ4v) is 2.04. The molecule has 0 spiro atoms. The Morgan fingerprint density at radius 2 is 2.00 bits per heavy atom. The number of amides is 1. The van der Waals surface area contributed by atoms with Crippen molar-refractivity contribution in [3.63, 3.8) is 0 Å². The molecule has 1 aromatic carbocycles. The maximum Gasteiger partial charge on any atom is 0.262 e. The predicted molar refractivity (Wildman–Crippen MR) is 88.1 cm³/mol. The molecule has 1 unspecified atom stereocenters. The summed E-state index contributed by atoms with van der Waals surface area (Å²) in [4.78, 5) is 12.4. The van der Waals surface area contributed by atoms with Gasteiger partial charge in [-0.3, -0.25) is 4.79 Å². The molecular weight excluding hydrogens is 292 g/mol. The van der Waals surface area contributed by atoms with Gasteiger partial charge in [0.2, 0.25) is 0 Å². The van der Waals surface area contributed by atoms with Crippen LogP contribution in [-0.4, -0.2) is 24.7 Å². The number of rotatable bonds is 6. The van der Waals surface area contributed by atoms with Crippen LogP contribution in [0.5, 0.6) is 11.5 Å². The molecule has 0 saturated heterocycles. The van der Waals surface area contributed by atoms with Crippen molar-refractivity contribution in [1.82, 2.24) is 5.32 Å². The van der Waals surface area contributed by atoms with Gasteiger partial charge >= 0.3 is 0 Å². The molecule has 0 aromatic heterocycles. The highest BCUT2D eigenvalue weighted by molar-refractivity contribution is 5.82. The van der Waals surface area contributed by atoms with Crippen LogP contribution >= 0.6 is 0 Å². The van der Waals surface area contributed by atoms with E-state index in [2.05, 4.69) is 17.2 Å². The molecule has 0 bridgehead atoms. The number of hydrogen-bond acceptors (Lipinski definition) is 4.